The minimum Gasteiger partial charge on any atom is -0.480 e. The summed E-state index contributed by atoms with van der Waals surface area (Å²) in [5, 5.41) is 49.7. The molecule has 38 heavy (non-hydrogen) atoms. The topological polar surface area (TPSA) is 168 Å². The summed E-state index contributed by atoms with van der Waals surface area (Å²) in [6.45, 7) is -0.423. The van der Waals surface area contributed by atoms with Gasteiger partial charge in [0.1, 0.15) is 6.54 Å². The molecule has 0 aliphatic rings. The number of aliphatic carboxylic acids is 1. The number of carbonyl (C=O) groups excluding carboxylic acids is 2. The Morgan fingerprint density at radius 2 is 1.26 bits per heavy atom. The lowest BCUT2D eigenvalue weighted by Crippen LogP contribution is -2.37. The van der Waals surface area contributed by atoms with Crippen molar-refractivity contribution in [2.45, 2.75) is 13.1 Å². The van der Waals surface area contributed by atoms with Gasteiger partial charge in [-0.15, -0.1) is 0 Å². The normalized spacial score (nSPS) is 10.6. The Morgan fingerprint density at radius 1 is 0.763 bits per heavy atom. The molecule has 0 saturated heterocycles. The average molecular weight is 648 g/mol. The summed E-state index contributed by atoms with van der Waals surface area (Å²) >= 11 is 6.45. The van der Waals surface area contributed by atoms with Crippen LogP contribution < -0.4 is 16.2 Å². The zero-order valence-corrected chi connectivity index (χ0v) is 22.9. The molecule has 196 valence electrons. The third-order valence-corrected chi connectivity index (χ3v) is 6.32. The second-order valence-electron chi connectivity index (χ2n) is 8.35. The van der Waals surface area contributed by atoms with Gasteiger partial charge in [0.25, 0.3) is 11.8 Å². The summed E-state index contributed by atoms with van der Waals surface area (Å²) in [5.41, 5.74) is 1.96. The number of hydrogen-bond donors (Lipinski definition) is 6. The number of benzene rings is 3. The van der Waals surface area contributed by atoms with Gasteiger partial charge in [0, 0.05) is 33.2 Å². The average Bonchev–Trinajstić information content (AvgIpc) is 2.86. The van der Waals surface area contributed by atoms with Crippen molar-refractivity contribution in [3.8, 4) is 0 Å². The molecule has 0 saturated carbocycles. The highest BCUT2D eigenvalue weighted by Crippen LogP contribution is 2.16. The van der Waals surface area contributed by atoms with Crippen LogP contribution in [-0.2, 0) is 17.9 Å². The first-order valence-electron chi connectivity index (χ1n) is 11.1. The van der Waals surface area contributed by atoms with E-state index in [0.717, 1.165) is 10.5 Å². The molecule has 0 aromatic heterocycles. The summed E-state index contributed by atoms with van der Waals surface area (Å²) in [6.07, 6.45) is 0. The maximum Gasteiger partial charge on any atom is 0.488 e. The molecule has 10 nitrogen and oxygen atoms in total. The van der Waals surface area contributed by atoms with Crippen molar-refractivity contribution >= 4 is 74.8 Å². The number of amides is 2. The molecule has 3 aromatic carbocycles. The second-order valence-corrected chi connectivity index (χ2v) is 10.2. The van der Waals surface area contributed by atoms with Gasteiger partial charge in [0.05, 0.1) is 0 Å². The first-order valence-corrected chi connectivity index (χ1v) is 12.7. The molecule has 0 aliphatic heterocycles. The Kier molecular flexibility index (Phi) is 10.3. The molecule has 0 atom stereocenters. The molecule has 0 radical (unpaired) electrons. The number of carboxylic acid groups (broad SMARTS) is 1. The van der Waals surface area contributed by atoms with Gasteiger partial charge < -0.3 is 35.4 Å². The minimum atomic E-state index is -1.80. The number of rotatable bonds is 10. The molecule has 0 fully saturated rings. The van der Waals surface area contributed by atoms with Crippen LogP contribution in [0.1, 0.15) is 31.8 Å². The molecule has 0 unspecified atom stereocenters. The SMILES string of the molecule is O=C(O)CN(Cc1ccc(CNC(=O)c2cc(Br)cc(B(O)O)c2)cc1)C(=O)c1cc(Br)cc(B(O)O)c1. The van der Waals surface area contributed by atoms with Gasteiger partial charge in [-0.25, -0.2) is 0 Å². The lowest BCUT2D eigenvalue weighted by atomic mass is 9.79. The maximum atomic E-state index is 13.1. The summed E-state index contributed by atoms with van der Waals surface area (Å²) in [6, 6.07) is 15.4. The molecule has 0 heterocycles. The van der Waals surface area contributed by atoms with Gasteiger partial charge in [-0.2, -0.15) is 0 Å². The van der Waals surface area contributed by atoms with Crippen LogP contribution >= 0.6 is 31.9 Å². The zero-order valence-electron chi connectivity index (χ0n) is 19.7. The smallest absolute Gasteiger partial charge is 0.480 e. The fourth-order valence-corrected chi connectivity index (χ4v) is 4.61. The fraction of sp³-hybridized carbons (Fsp3) is 0.125. The quantitative estimate of drug-likeness (QED) is 0.170. The molecular weight excluding hydrogens is 626 g/mol. The van der Waals surface area contributed by atoms with Gasteiger partial charge in [-0.1, -0.05) is 56.1 Å². The number of halogens is 2. The summed E-state index contributed by atoms with van der Waals surface area (Å²) < 4.78 is 0.949. The minimum absolute atomic E-state index is 0.0222. The van der Waals surface area contributed by atoms with Gasteiger partial charge >= 0.3 is 20.2 Å². The first kappa shape index (κ1) is 29.6. The Balaban J connectivity index is 1.70. The summed E-state index contributed by atoms with van der Waals surface area (Å²) in [7, 11) is -3.52. The van der Waals surface area contributed by atoms with E-state index in [1.54, 1.807) is 30.3 Å². The molecule has 14 heteroatoms. The lowest BCUT2D eigenvalue weighted by Gasteiger charge is -2.21. The van der Waals surface area contributed by atoms with Gasteiger partial charge in [0.2, 0.25) is 0 Å². The van der Waals surface area contributed by atoms with Crippen LogP contribution in [0.15, 0.2) is 69.6 Å². The van der Waals surface area contributed by atoms with E-state index < -0.39 is 38.6 Å². The van der Waals surface area contributed by atoms with Crippen LogP contribution in [0.5, 0.6) is 0 Å². The predicted octanol–water partition coefficient (Wildman–Crippen LogP) is 0.228. The van der Waals surface area contributed by atoms with Crippen LogP contribution in [-0.4, -0.2) is 68.7 Å². The van der Waals surface area contributed by atoms with Gasteiger partial charge in [-0.05, 0) is 58.5 Å². The molecule has 0 bridgehead atoms. The summed E-state index contributed by atoms with van der Waals surface area (Å²) in [4.78, 5) is 38.2. The third-order valence-electron chi connectivity index (χ3n) is 5.41. The fourth-order valence-electron chi connectivity index (χ4n) is 3.59. The van der Waals surface area contributed by atoms with Crippen molar-refractivity contribution in [1.29, 1.82) is 0 Å². The van der Waals surface area contributed by atoms with Crippen molar-refractivity contribution in [3.05, 3.63) is 91.9 Å². The van der Waals surface area contributed by atoms with E-state index in [9.17, 15) is 39.6 Å². The van der Waals surface area contributed by atoms with E-state index >= 15 is 0 Å². The van der Waals surface area contributed by atoms with Gasteiger partial charge in [0.15, 0.2) is 0 Å². The maximum absolute atomic E-state index is 13.1. The van der Waals surface area contributed by atoms with E-state index in [1.165, 1.54) is 30.3 Å². The predicted molar refractivity (Wildman–Crippen MR) is 148 cm³/mol. The number of carboxylic acids is 1. The van der Waals surface area contributed by atoms with Crippen molar-refractivity contribution in [1.82, 2.24) is 10.2 Å². The molecule has 0 aliphatic carbocycles. The number of nitrogens with zero attached hydrogens (tertiary/aromatic N) is 1. The van der Waals surface area contributed by atoms with E-state index in [0.29, 0.717) is 14.5 Å². The van der Waals surface area contributed by atoms with E-state index in [2.05, 4.69) is 37.2 Å². The third kappa shape index (κ3) is 8.25. The second kappa shape index (κ2) is 13.2. The highest BCUT2D eigenvalue weighted by atomic mass is 79.9. The Bertz CT molecular complexity index is 1340. The summed E-state index contributed by atoms with van der Waals surface area (Å²) in [5.74, 6) is -2.23. The van der Waals surface area contributed by atoms with E-state index in [1.807, 2.05) is 0 Å². The van der Waals surface area contributed by atoms with Crippen molar-refractivity contribution in [3.63, 3.8) is 0 Å². The molecule has 3 rings (SSSR count). The van der Waals surface area contributed by atoms with E-state index in [-0.39, 0.29) is 35.1 Å². The monoisotopic (exact) mass is 646 g/mol. The number of carbonyl (C=O) groups is 3. The number of hydrogen-bond acceptors (Lipinski definition) is 7. The number of nitrogens with one attached hydrogen (secondary N) is 1. The van der Waals surface area contributed by atoms with Crippen molar-refractivity contribution in [2.24, 2.45) is 0 Å². The largest absolute Gasteiger partial charge is 0.488 e. The van der Waals surface area contributed by atoms with Gasteiger partial charge in [-0.3, -0.25) is 14.4 Å². The molecule has 3 aromatic rings. The first-order chi connectivity index (χ1) is 17.9. The Hall–Kier alpha value is -3.00. The molecule has 2 amide bonds. The van der Waals surface area contributed by atoms with Crippen LogP contribution in [0.3, 0.4) is 0 Å². The highest BCUT2D eigenvalue weighted by molar-refractivity contribution is 9.10. The molecular formula is C24H22B2Br2N2O8. The van der Waals surface area contributed by atoms with Crippen LogP contribution in [0, 0.1) is 0 Å². The van der Waals surface area contributed by atoms with Crippen LogP contribution in [0.25, 0.3) is 0 Å². The van der Waals surface area contributed by atoms with Crippen molar-refractivity contribution < 1.29 is 39.6 Å². The lowest BCUT2D eigenvalue weighted by molar-refractivity contribution is -0.137. The Morgan fingerprint density at radius 3 is 1.79 bits per heavy atom. The highest BCUT2D eigenvalue weighted by Gasteiger charge is 2.22. The standard InChI is InChI=1S/C24H22B2Br2N2O8/c27-20-7-16(5-18(9-20)25(35)36)23(33)29-11-14-1-3-15(4-2-14)12-30(13-22(31)32)24(34)17-6-19(26(37)38)10-21(28)8-17/h1-10,35-38H,11-13H2,(H,29,33)(H,31,32). The molecule has 0 spiro atoms. The van der Waals surface area contributed by atoms with Crippen molar-refractivity contribution in [2.75, 3.05) is 6.54 Å². The Labute approximate surface area is 235 Å². The zero-order chi connectivity index (χ0) is 28.0. The van der Waals surface area contributed by atoms with Crippen LogP contribution in [0.4, 0.5) is 0 Å². The van der Waals surface area contributed by atoms with E-state index in [4.69, 9.17) is 0 Å². The molecule has 6 N–H and O–H groups in total. The van der Waals surface area contributed by atoms with Crippen LogP contribution in [0.2, 0.25) is 0 Å².